The van der Waals surface area contributed by atoms with Crippen LogP contribution in [-0.4, -0.2) is 57.6 Å². The van der Waals surface area contributed by atoms with Gasteiger partial charge in [-0.25, -0.2) is 14.4 Å². The number of methoxy groups -OCH3 is 3. The van der Waals surface area contributed by atoms with Gasteiger partial charge in [-0.3, -0.25) is 0 Å². The van der Waals surface area contributed by atoms with E-state index in [1.165, 1.54) is 21.3 Å². The lowest BCUT2D eigenvalue weighted by Gasteiger charge is -2.32. The van der Waals surface area contributed by atoms with Gasteiger partial charge in [-0.1, -0.05) is 30.3 Å². The summed E-state index contributed by atoms with van der Waals surface area (Å²) in [6.45, 7) is 7.88. The van der Waals surface area contributed by atoms with Crippen LogP contribution in [0.2, 0.25) is 0 Å². The van der Waals surface area contributed by atoms with Crippen molar-refractivity contribution in [2.24, 2.45) is 0 Å². The summed E-state index contributed by atoms with van der Waals surface area (Å²) in [6, 6.07) is 19.8. The van der Waals surface area contributed by atoms with Crippen molar-refractivity contribution in [3.63, 3.8) is 0 Å². The summed E-state index contributed by atoms with van der Waals surface area (Å²) in [5.41, 5.74) is 0.700. The molecule has 40 heavy (non-hydrogen) atoms. The fourth-order valence-electron chi connectivity index (χ4n) is 4.32. The zero-order valence-electron chi connectivity index (χ0n) is 23.6. The molecule has 208 valence electrons. The van der Waals surface area contributed by atoms with Crippen LogP contribution >= 0.6 is 7.92 Å². The molecule has 1 aliphatic heterocycles. The highest BCUT2D eigenvalue weighted by Crippen LogP contribution is 2.38. The average Bonchev–Trinajstić information content (AvgIpc) is 3.18. The Morgan fingerprint density at radius 3 is 1.40 bits per heavy atom. The molecule has 4 rings (SSSR count). The molecule has 0 atom stereocenters. The number of ether oxygens (including phenoxy) is 3. The van der Waals surface area contributed by atoms with Gasteiger partial charge in [-0.05, 0) is 93.4 Å². The fraction of sp³-hybridized carbons (Fsp3) is 0.300. The molecule has 0 amide bonds. The second kappa shape index (κ2) is 11.5. The third kappa shape index (κ3) is 5.68. The van der Waals surface area contributed by atoms with E-state index in [2.05, 4.69) is 0 Å². The van der Waals surface area contributed by atoms with Crippen molar-refractivity contribution in [1.82, 2.24) is 0 Å². The van der Waals surface area contributed by atoms with Crippen LogP contribution in [0.3, 0.4) is 0 Å². The molecule has 0 N–H and O–H groups in total. The van der Waals surface area contributed by atoms with Gasteiger partial charge in [0.2, 0.25) is 0 Å². The van der Waals surface area contributed by atoms with Gasteiger partial charge >= 0.3 is 25.0 Å². The van der Waals surface area contributed by atoms with E-state index >= 15 is 0 Å². The van der Waals surface area contributed by atoms with Crippen molar-refractivity contribution in [1.29, 1.82) is 0 Å². The Kier molecular flexibility index (Phi) is 8.50. The Hall–Kier alpha value is -3.52. The third-order valence-corrected chi connectivity index (χ3v) is 9.81. The molecular weight excluding hydrogens is 530 g/mol. The predicted molar refractivity (Wildman–Crippen MR) is 155 cm³/mol. The SMILES string of the molecule is COC(=O)c1ccc(P(c2ccc(C(=O)OC)cc2)c2ccc(C(=O)OC)cc2B2OC(C)(C)C(C)(C)O2)cc1. The highest BCUT2D eigenvalue weighted by Gasteiger charge is 2.52. The summed E-state index contributed by atoms with van der Waals surface area (Å²) in [7, 11) is 1.99. The molecule has 0 unspecified atom stereocenters. The molecule has 0 spiro atoms. The van der Waals surface area contributed by atoms with Crippen LogP contribution in [0.4, 0.5) is 0 Å². The topological polar surface area (TPSA) is 97.4 Å². The monoisotopic (exact) mass is 562 g/mol. The minimum Gasteiger partial charge on any atom is -0.465 e. The smallest absolute Gasteiger partial charge is 0.465 e. The summed E-state index contributed by atoms with van der Waals surface area (Å²) in [5, 5.41) is 2.74. The van der Waals surface area contributed by atoms with Crippen LogP contribution in [0.15, 0.2) is 66.7 Å². The zero-order valence-corrected chi connectivity index (χ0v) is 24.5. The minimum absolute atomic E-state index is 0.369. The van der Waals surface area contributed by atoms with E-state index in [4.69, 9.17) is 23.5 Å². The van der Waals surface area contributed by atoms with Gasteiger partial charge in [0.25, 0.3) is 0 Å². The van der Waals surface area contributed by atoms with Crippen molar-refractivity contribution >= 4 is 54.3 Å². The van der Waals surface area contributed by atoms with Crippen LogP contribution in [0.5, 0.6) is 0 Å². The second-order valence-electron chi connectivity index (χ2n) is 10.3. The molecule has 0 radical (unpaired) electrons. The zero-order chi connectivity index (χ0) is 29.2. The average molecular weight is 562 g/mol. The van der Waals surface area contributed by atoms with Crippen LogP contribution in [-0.2, 0) is 23.5 Å². The Morgan fingerprint density at radius 1 is 0.625 bits per heavy atom. The lowest BCUT2D eigenvalue weighted by Crippen LogP contribution is -2.45. The number of esters is 3. The Labute approximate surface area is 235 Å². The molecule has 0 bridgehead atoms. The fourth-order valence-corrected chi connectivity index (χ4v) is 6.72. The van der Waals surface area contributed by atoms with Gasteiger partial charge in [-0.2, -0.15) is 0 Å². The third-order valence-electron chi connectivity index (χ3n) is 7.29. The summed E-state index contributed by atoms with van der Waals surface area (Å²) in [5.74, 6) is -1.34. The molecule has 0 aromatic heterocycles. The number of benzene rings is 3. The molecule has 3 aromatic rings. The molecule has 8 nitrogen and oxygen atoms in total. The van der Waals surface area contributed by atoms with Gasteiger partial charge in [-0.15, -0.1) is 0 Å². The van der Waals surface area contributed by atoms with Crippen LogP contribution in [0.25, 0.3) is 0 Å². The number of carbonyl (C=O) groups excluding carboxylic acids is 3. The maximum atomic E-state index is 12.5. The van der Waals surface area contributed by atoms with Crippen molar-refractivity contribution in [2.75, 3.05) is 21.3 Å². The van der Waals surface area contributed by atoms with Crippen molar-refractivity contribution in [3.8, 4) is 0 Å². The standard InChI is InChI=1S/C30H32BO8P/c1-29(2)30(3,4)39-31(38-29)24-18-21(28(34)37-7)12-17-25(24)40(22-13-8-19(9-14-22)26(32)35-5)23-15-10-20(11-16-23)27(33)36-6/h8-18H,1-7H3. The van der Waals surface area contributed by atoms with Gasteiger partial charge < -0.3 is 23.5 Å². The van der Waals surface area contributed by atoms with Gasteiger partial charge in [0.15, 0.2) is 0 Å². The Balaban J connectivity index is 1.92. The van der Waals surface area contributed by atoms with E-state index in [-0.39, 0.29) is 0 Å². The van der Waals surface area contributed by atoms with Crippen LogP contribution in [0.1, 0.15) is 58.8 Å². The lowest BCUT2D eigenvalue weighted by molar-refractivity contribution is 0.00578. The summed E-state index contributed by atoms with van der Waals surface area (Å²) >= 11 is 0. The van der Waals surface area contributed by atoms with Gasteiger partial charge in [0.1, 0.15) is 0 Å². The summed E-state index contributed by atoms with van der Waals surface area (Å²) in [6.07, 6.45) is 0. The second-order valence-corrected chi connectivity index (χ2v) is 12.5. The number of carbonyl (C=O) groups is 3. The molecule has 0 saturated carbocycles. The molecule has 1 fully saturated rings. The largest absolute Gasteiger partial charge is 0.495 e. The summed E-state index contributed by atoms with van der Waals surface area (Å²) < 4.78 is 27.6. The normalized spacial score (nSPS) is 15.6. The van der Waals surface area contributed by atoms with Crippen LogP contribution < -0.4 is 21.4 Å². The molecule has 10 heteroatoms. The van der Waals surface area contributed by atoms with E-state index < -0.39 is 44.1 Å². The first-order chi connectivity index (χ1) is 18.9. The van der Waals surface area contributed by atoms with Gasteiger partial charge in [0, 0.05) is 0 Å². The van der Waals surface area contributed by atoms with Crippen molar-refractivity contribution in [2.45, 2.75) is 38.9 Å². The first kappa shape index (κ1) is 29.5. The molecule has 1 heterocycles. The highest BCUT2D eigenvalue weighted by molar-refractivity contribution is 7.80. The first-order valence-electron chi connectivity index (χ1n) is 12.7. The molecular formula is C30H32BO8P. The van der Waals surface area contributed by atoms with Crippen LogP contribution in [0, 0.1) is 0 Å². The predicted octanol–water partition coefficient (Wildman–Crippen LogP) is 3.10. The first-order valence-corrected chi connectivity index (χ1v) is 14.0. The molecule has 0 aliphatic carbocycles. The Morgan fingerprint density at radius 2 is 1.00 bits per heavy atom. The minimum atomic E-state index is -1.27. The van der Waals surface area contributed by atoms with E-state index in [0.717, 1.165) is 15.9 Å². The Bertz CT molecular complexity index is 1340. The van der Waals surface area contributed by atoms with E-state index in [9.17, 15) is 14.4 Å². The van der Waals surface area contributed by atoms with E-state index in [1.54, 1.807) is 36.4 Å². The summed E-state index contributed by atoms with van der Waals surface area (Å²) in [4.78, 5) is 36.7. The van der Waals surface area contributed by atoms with Gasteiger partial charge in [0.05, 0.1) is 49.2 Å². The molecule has 1 saturated heterocycles. The van der Waals surface area contributed by atoms with Crippen molar-refractivity contribution < 1.29 is 37.9 Å². The number of hydrogen-bond donors (Lipinski definition) is 0. The highest BCUT2D eigenvalue weighted by atomic mass is 31.1. The number of hydrogen-bond acceptors (Lipinski definition) is 8. The van der Waals surface area contributed by atoms with E-state index in [0.29, 0.717) is 22.2 Å². The maximum absolute atomic E-state index is 12.5. The maximum Gasteiger partial charge on any atom is 0.495 e. The quantitative estimate of drug-likeness (QED) is 0.188. The molecule has 3 aromatic carbocycles. The lowest BCUT2D eigenvalue weighted by atomic mass is 9.78. The van der Waals surface area contributed by atoms with E-state index in [1.807, 2.05) is 58.0 Å². The molecule has 1 aliphatic rings. The number of rotatable bonds is 7. The van der Waals surface area contributed by atoms with Crippen molar-refractivity contribution in [3.05, 3.63) is 83.4 Å².